The van der Waals surface area contributed by atoms with E-state index in [1.165, 1.54) is 18.5 Å². The fraction of sp³-hybridized carbons (Fsp3) is 0.150. The van der Waals surface area contributed by atoms with E-state index < -0.39 is 5.82 Å². The molecule has 2 heterocycles. The summed E-state index contributed by atoms with van der Waals surface area (Å²) >= 11 is 0. The smallest absolute Gasteiger partial charge is 0.164 e. The van der Waals surface area contributed by atoms with Gasteiger partial charge in [0.15, 0.2) is 5.65 Å². The molecule has 0 radical (unpaired) electrons. The van der Waals surface area contributed by atoms with Crippen LogP contribution in [-0.2, 0) is 12.8 Å². The predicted octanol–water partition coefficient (Wildman–Crippen LogP) is 2.97. The molecule has 2 aromatic carbocycles. The Morgan fingerprint density at radius 2 is 1.96 bits per heavy atom. The first kappa shape index (κ1) is 16.5. The standard InChI is InChI=1S/C20H16FN5O2/c21-12-4-11(6-14(27)7-12)18-17-19(22)23-9-24-20(17)26(25-18)13-5-10-2-1-3-16(28)15(10)8-13/h1-4,6-7,9,13,27-28H,5,8H2,(H2,22,23,24). The topological polar surface area (TPSA) is 110 Å². The van der Waals surface area contributed by atoms with Crippen molar-refractivity contribution in [2.75, 3.05) is 5.73 Å². The number of halogens is 1. The van der Waals surface area contributed by atoms with Crippen LogP contribution in [0.25, 0.3) is 22.3 Å². The number of phenolic OH excluding ortho intramolecular Hbond substituents is 2. The van der Waals surface area contributed by atoms with E-state index in [0.29, 0.717) is 35.1 Å². The minimum absolute atomic E-state index is 0.0731. The van der Waals surface area contributed by atoms with E-state index in [1.807, 2.05) is 12.1 Å². The van der Waals surface area contributed by atoms with Gasteiger partial charge in [0, 0.05) is 11.6 Å². The van der Waals surface area contributed by atoms with Gasteiger partial charge in [-0.1, -0.05) is 12.1 Å². The second-order valence-electron chi connectivity index (χ2n) is 6.93. The molecule has 5 rings (SSSR count). The highest BCUT2D eigenvalue weighted by molar-refractivity contribution is 5.98. The molecule has 1 aliphatic carbocycles. The van der Waals surface area contributed by atoms with Gasteiger partial charge in [0.25, 0.3) is 0 Å². The molecule has 4 N–H and O–H groups in total. The molecule has 0 saturated heterocycles. The summed E-state index contributed by atoms with van der Waals surface area (Å²) in [4.78, 5) is 8.40. The number of hydrogen-bond donors (Lipinski definition) is 3. The van der Waals surface area contributed by atoms with E-state index in [4.69, 9.17) is 5.73 Å². The molecule has 0 fully saturated rings. The molecule has 1 aliphatic rings. The lowest BCUT2D eigenvalue weighted by Gasteiger charge is -2.10. The molecular formula is C20H16FN5O2. The van der Waals surface area contributed by atoms with E-state index in [2.05, 4.69) is 15.1 Å². The maximum Gasteiger partial charge on any atom is 0.164 e. The van der Waals surface area contributed by atoms with Crippen LogP contribution in [0.1, 0.15) is 17.2 Å². The van der Waals surface area contributed by atoms with Crippen molar-refractivity contribution in [3.63, 3.8) is 0 Å². The molecule has 0 aliphatic heterocycles. The van der Waals surface area contributed by atoms with Gasteiger partial charge in [-0.2, -0.15) is 5.10 Å². The van der Waals surface area contributed by atoms with Crippen LogP contribution in [0.3, 0.4) is 0 Å². The third-order valence-corrected chi connectivity index (χ3v) is 5.16. The first-order valence-electron chi connectivity index (χ1n) is 8.79. The maximum atomic E-state index is 13.9. The van der Waals surface area contributed by atoms with Crippen molar-refractivity contribution in [1.82, 2.24) is 19.7 Å². The SMILES string of the molecule is Nc1ncnc2c1c(-c1cc(O)cc(F)c1)nn2C1Cc2cccc(O)c2C1. The Balaban J connectivity index is 1.70. The number of nitrogens with zero attached hydrogens (tertiary/aromatic N) is 4. The van der Waals surface area contributed by atoms with Crippen molar-refractivity contribution in [1.29, 1.82) is 0 Å². The monoisotopic (exact) mass is 377 g/mol. The Morgan fingerprint density at radius 3 is 2.75 bits per heavy atom. The predicted molar refractivity (Wildman–Crippen MR) is 101 cm³/mol. The second kappa shape index (κ2) is 5.91. The summed E-state index contributed by atoms with van der Waals surface area (Å²) in [6, 6.07) is 9.14. The van der Waals surface area contributed by atoms with Gasteiger partial charge in [-0.15, -0.1) is 0 Å². The summed E-state index contributed by atoms with van der Waals surface area (Å²) in [7, 11) is 0. The van der Waals surface area contributed by atoms with Crippen molar-refractivity contribution in [3.05, 3.63) is 59.7 Å². The van der Waals surface area contributed by atoms with E-state index in [1.54, 1.807) is 10.7 Å². The Labute approximate surface area is 158 Å². The Bertz CT molecular complexity index is 1220. The molecule has 4 aromatic rings. The zero-order valence-electron chi connectivity index (χ0n) is 14.7. The van der Waals surface area contributed by atoms with Crippen molar-refractivity contribution < 1.29 is 14.6 Å². The highest BCUT2D eigenvalue weighted by Crippen LogP contribution is 2.39. The summed E-state index contributed by atoms with van der Waals surface area (Å²) in [5, 5.41) is 25.1. The average Bonchev–Trinajstić information content (AvgIpc) is 3.24. The molecule has 0 spiro atoms. The molecule has 1 unspecified atom stereocenters. The van der Waals surface area contributed by atoms with Gasteiger partial charge in [-0.05, 0) is 42.2 Å². The summed E-state index contributed by atoms with van der Waals surface area (Å²) < 4.78 is 15.6. The lowest BCUT2D eigenvalue weighted by Crippen LogP contribution is -2.11. The van der Waals surface area contributed by atoms with Crippen LogP contribution in [0.5, 0.6) is 11.5 Å². The van der Waals surface area contributed by atoms with E-state index in [-0.39, 0.29) is 23.4 Å². The zero-order valence-corrected chi connectivity index (χ0v) is 14.7. The van der Waals surface area contributed by atoms with Crippen LogP contribution in [-0.4, -0.2) is 30.0 Å². The molecule has 1 atom stereocenters. The number of aromatic nitrogens is 4. The Morgan fingerprint density at radius 1 is 1.11 bits per heavy atom. The van der Waals surface area contributed by atoms with Crippen LogP contribution in [0.4, 0.5) is 10.2 Å². The summed E-state index contributed by atoms with van der Waals surface area (Å²) in [5.74, 6) is -0.285. The van der Waals surface area contributed by atoms with Gasteiger partial charge in [0.2, 0.25) is 0 Å². The van der Waals surface area contributed by atoms with Crippen molar-refractivity contribution in [3.8, 4) is 22.8 Å². The van der Waals surface area contributed by atoms with Crippen molar-refractivity contribution >= 4 is 16.9 Å². The fourth-order valence-electron chi connectivity index (χ4n) is 3.95. The summed E-state index contributed by atoms with van der Waals surface area (Å²) in [5.41, 5.74) is 9.36. The Kier molecular flexibility index (Phi) is 3.48. The summed E-state index contributed by atoms with van der Waals surface area (Å²) in [6.07, 6.45) is 2.64. The van der Waals surface area contributed by atoms with Gasteiger partial charge >= 0.3 is 0 Å². The number of nitrogen functional groups attached to an aromatic ring is 1. The molecule has 140 valence electrons. The minimum atomic E-state index is -0.577. The highest BCUT2D eigenvalue weighted by Gasteiger charge is 2.29. The first-order valence-corrected chi connectivity index (χ1v) is 8.79. The average molecular weight is 377 g/mol. The van der Waals surface area contributed by atoms with Crippen LogP contribution >= 0.6 is 0 Å². The van der Waals surface area contributed by atoms with E-state index in [9.17, 15) is 14.6 Å². The van der Waals surface area contributed by atoms with E-state index in [0.717, 1.165) is 17.2 Å². The van der Waals surface area contributed by atoms with E-state index >= 15 is 0 Å². The number of nitrogens with two attached hydrogens (primary N) is 1. The van der Waals surface area contributed by atoms with Crippen LogP contribution in [0.2, 0.25) is 0 Å². The van der Waals surface area contributed by atoms with Crippen molar-refractivity contribution in [2.45, 2.75) is 18.9 Å². The van der Waals surface area contributed by atoms with Gasteiger partial charge in [0.05, 0.1) is 11.4 Å². The quantitative estimate of drug-likeness (QED) is 0.495. The zero-order chi connectivity index (χ0) is 19.4. The minimum Gasteiger partial charge on any atom is -0.508 e. The molecule has 0 saturated carbocycles. The van der Waals surface area contributed by atoms with Gasteiger partial charge in [-0.25, -0.2) is 19.0 Å². The molecule has 28 heavy (non-hydrogen) atoms. The lowest BCUT2D eigenvalue weighted by atomic mass is 10.1. The van der Waals surface area contributed by atoms with Crippen LogP contribution in [0.15, 0.2) is 42.7 Å². The third kappa shape index (κ3) is 2.45. The number of fused-ring (bicyclic) bond motifs is 2. The fourth-order valence-corrected chi connectivity index (χ4v) is 3.95. The molecule has 0 amide bonds. The molecular weight excluding hydrogens is 361 g/mol. The number of benzene rings is 2. The summed E-state index contributed by atoms with van der Waals surface area (Å²) in [6.45, 7) is 0. The molecule has 7 nitrogen and oxygen atoms in total. The first-order chi connectivity index (χ1) is 13.5. The van der Waals surface area contributed by atoms with Gasteiger partial charge in [-0.3, -0.25) is 0 Å². The molecule has 0 bridgehead atoms. The highest BCUT2D eigenvalue weighted by atomic mass is 19.1. The van der Waals surface area contributed by atoms with Crippen molar-refractivity contribution in [2.24, 2.45) is 0 Å². The second-order valence-corrected chi connectivity index (χ2v) is 6.93. The third-order valence-electron chi connectivity index (χ3n) is 5.16. The number of aromatic hydroxyl groups is 2. The Hall–Kier alpha value is -3.68. The van der Waals surface area contributed by atoms with Gasteiger partial charge < -0.3 is 15.9 Å². The lowest BCUT2D eigenvalue weighted by molar-refractivity contribution is 0.456. The maximum absolute atomic E-state index is 13.9. The largest absolute Gasteiger partial charge is 0.508 e. The van der Waals surface area contributed by atoms with Gasteiger partial charge in [0.1, 0.15) is 35.2 Å². The normalized spacial score (nSPS) is 15.8. The molecule has 2 aromatic heterocycles. The van der Waals surface area contributed by atoms with Crippen LogP contribution < -0.4 is 5.73 Å². The van der Waals surface area contributed by atoms with Crippen LogP contribution in [0, 0.1) is 5.82 Å². The molecule has 8 heteroatoms. The number of hydrogen-bond acceptors (Lipinski definition) is 6. The number of rotatable bonds is 2. The number of phenols is 2. The number of anilines is 1.